The second-order valence-electron chi connectivity index (χ2n) is 4.56. The van der Waals surface area contributed by atoms with Crippen LogP contribution in [0.5, 0.6) is 0 Å². The maximum atomic E-state index is 11.9. The molecule has 0 amide bonds. The molecule has 0 saturated carbocycles. The van der Waals surface area contributed by atoms with Crippen molar-refractivity contribution in [3.8, 4) is 0 Å². The van der Waals surface area contributed by atoms with Crippen molar-refractivity contribution >= 4 is 32.7 Å². The van der Waals surface area contributed by atoms with E-state index in [2.05, 4.69) is 0 Å². The topological polar surface area (TPSA) is 83.7 Å². The summed E-state index contributed by atoms with van der Waals surface area (Å²) in [5, 5.41) is 6.41. The highest BCUT2D eigenvalue weighted by Crippen LogP contribution is 2.21. The summed E-state index contributed by atoms with van der Waals surface area (Å²) in [6.45, 7) is 5.03. The fourth-order valence-corrected chi connectivity index (χ4v) is 3.03. The van der Waals surface area contributed by atoms with Crippen molar-refractivity contribution in [2.75, 3.05) is 17.5 Å². The van der Waals surface area contributed by atoms with Gasteiger partial charge in [-0.25, -0.2) is 10.1 Å². The molecule has 0 spiro atoms. The number of nitrogens with two attached hydrogens (primary N) is 1. The van der Waals surface area contributed by atoms with E-state index in [-0.39, 0.29) is 0 Å². The monoisotopic (exact) mass is 333 g/mol. The van der Waals surface area contributed by atoms with Gasteiger partial charge in [0.05, 0.1) is 5.69 Å². The maximum absolute atomic E-state index is 11.9. The standard InChI is InChI=1S/C13H20ClN3O3S/c1-3-9-16(10-4-2)17(21(15,19)20)12-7-5-11(6-8-12)13(14)18/h5-8H,3-4,9-10H2,1-2H3,(H2,15,19,20). The van der Waals surface area contributed by atoms with Crippen molar-refractivity contribution in [2.24, 2.45) is 5.14 Å². The van der Waals surface area contributed by atoms with Crippen molar-refractivity contribution < 1.29 is 13.2 Å². The van der Waals surface area contributed by atoms with Crippen LogP contribution in [0.25, 0.3) is 0 Å². The van der Waals surface area contributed by atoms with Crippen LogP contribution in [0.4, 0.5) is 5.69 Å². The zero-order chi connectivity index (χ0) is 16.0. The van der Waals surface area contributed by atoms with E-state index in [1.807, 2.05) is 13.8 Å². The van der Waals surface area contributed by atoms with Crippen molar-refractivity contribution in [2.45, 2.75) is 26.7 Å². The summed E-state index contributed by atoms with van der Waals surface area (Å²) in [5.74, 6) is 0. The molecule has 0 unspecified atom stereocenters. The molecule has 1 aromatic carbocycles. The molecule has 0 aliphatic carbocycles. The van der Waals surface area contributed by atoms with E-state index < -0.39 is 15.5 Å². The largest absolute Gasteiger partial charge is 0.312 e. The van der Waals surface area contributed by atoms with Crippen LogP contribution in [0.15, 0.2) is 24.3 Å². The van der Waals surface area contributed by atoms with Gasteiger partial charge in [-0.2, -0.15) is 12.8 Å². The molecule has 21 heavy (non-hydrogen) atoms. The third-order valence-electron chi connectivity index (χ3n) is 2.78. The van der Waals surface area contributed by atoms with Gasteiger partial charge in [0, 0.05) is 18.7 Å². The average Bonchev–Trinajstić information content (AvgIpc) is 2.38. The Morgan fingerprint density at radius 2 is 1.62 bits per heavy atom. The van der Waals surface area contributed by atoms with Crippen LogP contribution in [-0.2, 0) is 10.2 Å². The number of nitrogens with zero attached hydrogens (tertiary/aromatic N) is 2. The Bertz CT molecular complexity index is 569. The van der Waals surface area contributed by atoms with E-state index in [9.17, 15) is 13.2 Å². The van der Waals surface area contributed by atoms with Gasteiger partial charge < -0.3 is 0 Å². The summed E-state index contributed by atoms with van der Waals surface area (Å²) >= 11 is 5.38. The summed E-state index contributed by atoms with van der Waals surface area (Å²) < 4.78 is 24.9. The molecule has 0 fully saturated rings. The van der Waals surface area contributed by atoms with E-state index in [0.717, 1.165) is 17.3 Å². The molecule has 8 heteroatoms. The molecular weight excluding hydrogens is 314 g/mol. The predicted octanol–water partition coefficient (Wildman–Crippen LogP) is 2.11. The first-order chi connectivity index (χ1) is 9.81. The zero-order valence-corrected chi connectivity index (χ0v) is 13.7. The average molecular weight is 334 g/mol. The third kappa shape index (κ3) is 4.96. The van der Waals surface area contributed by atoms with E-state index in [4.69, 9.17) is 16.7 Å². The van der Waals surface area contributed by atoms with Crippen molar-refractivity contribution in [1.82, 2.24) is 5.01 Å². The van der Waals surface area contributed by atoms with Crippen LogP contribution in [0.1, 0.15) is 37.0 Å². The van der Waals surface area contributed by atoms with Gasteiger partial charge in [-0.05, 0) is 48.7 Å². The van der Waals surface area contributed by atoms with Gasteiger partial charge in [0.1, 0.15) is 0 Å². The van der Waals surface area contributed by atoms with Crippen LogP contribution in [0.3, 0.4) is 0 Å². The second-order valence-corrected chi connectivity index (χ2v) is 6.28. The molecular formula is C13H20ClN3O3S. The smallest absolute Gasteiger partial charge is 0.276 e. The zero-order valence-electron chi connectivity index (χ0n) is 12.1. The second kappa shape index (κ2) is 7.74. The SMILES string of the molecule is CCCN(CCC)N(c1ccc(C(=O)Cl)cc1)S(N)(=O)=O. The molecule has 1 rings (SSSR count). The number of benzene rings is 1. The van der Waals surface area contributed by atoms with Gasteiger partial charge >= 0.3 is 10.2 Å². The lowest BCUT2D eigenvalue weighted by Gasteiger charge is -2.33. The highest BCUT2D eigenvalue weighted by Gasteiger charge is 2.24. The van der Waals surface area contributed by atoms with Gasteiger partial charge in [-0.15, -0.1) is 0 Å². The Balaban J connectivity index is 3.21. The third-order valence-corrected chi connectivity index (χ3v) is 3.92. The molecule has 2 N–H and O–H groups in total. The Labute approximate surface area is 130 Å². The van der Waals surface area contributed by atoms with Crippen LogP contribution in [0.2, 0.25) is 0 Å². The first-order valence-electron chi connectivity index (χ1n) is 6.69. The fourth-order valence-electron chi connectivity index (χ4n) is 2.00. The number of hydrogen-bond acceptors (Lipinski definition) is 4. The first kappa shape index (κ1) is 17.9. The van der Waals surface area contributed by atoms with Crippen molar-refractivity contribution in [3.05, 3.63) is 29.8 Å². The van der Waals surface area contributed by atoms with Crippen LogP contribution < -0.4 is 9.55 Å². The minimum atomic E-state index is -3.95. The lowest BCUT2D eigenvalue weighted by atomic mass is 10.2. The number of carbonyl (C=O) groups is 1. The summed E-state index contributed by atoms with van der Waals surface area (Å²) in [4.78, 5) is 11.1. The molecule has 1 aromatic rings. The molecule has 0 radical (unpaired) electrons. The molecule has 0 aromatic heterocycles. The minimum absolute atomic E-state index is 0.298. The Kier molecular flexibility index (Phi) is 6.60. The fraction of sp³-hybridized carbons (Fsp3) is 0.462. The lowest BCUT2D eigenvalue weighted by Crippen LogP contribution is -2.50. The van der Waals surface area contributed by atoms with Crippen LogP contribution in [0, 0.1) is 0 Å². The summed E-state index contributed by atoms with van der Waals surface area (Å²) in [6, 6.07) is 5.97. The first-order valence-corrected chi connectivity index (χ1v) is 8.57. The Morgan fingerprint density at radius 3 is 1.95 bits per heavy atom. The number of anilines is 1. The van der Waals surface area contributed by atoms with E-state index in [0.29, 0.717) is 24.3 Å². The van der Waals surface area contributed by atoms with Crippen LogP contribution >= 0.6 is 11.6 Å². The Hall–Kier alpha value is -1.15. The van der Waals surface area contributed by atoms with Gasteiger partial charge in [0.15, 0.2) is 0 Å². The minimum Gasteiger partial charge on any atom is -0.276 e. The number of rotatable bonds is 8. The summed E-state index contributed by atoms with van der Waals surface area (Å²) in [7, 11) is -3.95. The summed E-state index contributed by atoms with van der Waals surface area (Å²) in [5.41, 5.74) is 0.674. The molecule has 118 valence electrons. The molecule has 0 aliphatic heterocycles. The van der Waals surface area contributed by atoms with Crippen LogP contribution in [-0.4, -0.2) is 31.8 Å². The van der Waals surface area contributed by atoms with Crippen molar-refractivity contribution in [3.63, 3.8) is 0 Å². The number of hydrogen-bond donors (Lipinski definition) is 1. The number of hydrazine groups is 1. The van der Waals surface area contributed by atoms with E-state index in [1.165, 1.54) is 24.3 Å². The molecule has 0 atom stereocenters. The molecule has 6 nitrogen and oxygen atoms in total. The molecule has 0 aliphatic rings. The predicted molar refractivity (Wildman–Crippen MR) is 84.4 cm³/mol. The maximum Gasteiger partial charge on any atom is 0.312 e. The van der Waals surface area contributed by atoms with Gasteiger partial charge in [-0.3, -0.25) is 4.79 Å². The number of carbonyl (C=O) groups excluding carboxylic acids is 1. The highest BCUT2D eigenvalue weighted by molar-refractivity contribution is 7.90. The quantitative estimate of drug-likeness (QED) is 0.583. The molecule has 0 heterocycles. The number of halogens is 1. The normalized spacial score (nSPS) is 11.7. The lowest BCUT2D eigenvalue weighted by molar-refractivity contribution is 0.108. The van der Waals surface area contributed by atoms with E-state index >= 15 is 0 Å². The highest BCUT2D eigenvalue weighted by atomic mass is 35.5. The van der Waals surface area contributed by atoms with Crippen molar-refractivity contribution in [1.29, 1.82) is 0 Å². The molecule has 0 bridgehead atoms. The van der Waals surface area contributed by atoms with Gasteiger partial charge in [0.25, 0.3) is 5.24 Å². The van der Waals surface area contributed by atoms with Gasteiger partial charge in [-0.1, -0.05) is 13.8 Å². The van der Waals surface area contributed by atoms with Gasteiger partial charge in [0.2, 0.25) is 0 Å². The Morgan fingerprint density at radius 1 is 1.14 bits per heavy atom. The summed E-state index contributed by atoms with van der Waals surface area (Å²) in [6.07, 6.45) is 1.56. The van der Waals surface area contributed by atoms with E-state index in [1.54, 1.807) is 5.01 Å². The molecule has 0 saturated heterocycles.